The number of hydrogen-bond donors (Lipinski definition) is 1. The third-order valence-electron chi connectivity index (χ3n) is 1.93. The molecule has 94 valence electrons. The summed E-state index contributed by atoms with van der Waals surface area (Å²) in [6.07, 6.45) is 0.706. The minimum atomic E-state index is -3.83. The van der Waals surface area contributed by atoms with Gasteiger partial charge in [0.1, 0.15) is 0 Å². The van der Waals surface area contributed by atoms with Crippen molar-refractivity contribution in [1.82, 2.24) is 0 Å². The van der Waals surface area contributed by atoms with Crippen LogP contribution < -0.4 is 5.14 Å². The lowest BCUT2D eigenvalue weighted by Crippen LogP contribution is -2.16. The summed E-state index contributed by atoms with van der Waals surface area (Å²) in [6, 6.07) is 4.33. The van der Waals surface area contributed by atoms with E-state index in [1.807, 2.05) is 6.92 Å². The highest BCUT2D eigenvalue weighted by Gasteiger charge is 2.19. The average Bonchev–Trinajstić information content (AvgIpc) is 2.24. The Labute approximate surface area is 114 Å². The molecule has 0 aliphatic rings. The Kier molecular flexibility index (Phi) is 4.90. The molecule has 2 N–H and O–H groups in total. The van der Waals surface area contributed by atoms with E-state index in [2.05, 4.69) is 0 Å². The first-order chi connectivity index (χ1) is 7.88. The van der Waals surface area contributed by atoms with Crippen molar-refractivity contribution in [2.45, 2.75) is 18.2 Å². The van der Waals surface area contributed by atoms with E-state index in [1.165, 1.54) is 18.2 Å². The van der Waals surface area contributed by atoms with Crippen LogP contribution in [0.15, 0.2) is 23.1 Å². The number of ether oxygens (including phenoxy) is 1. The van der Waals surface area contributed by atoms with Crippen LogP contribution in [0.5, 0.6) is 0 Å². The molecule has 17 heavy (non-hydrogen) atoms. The van der Waals surface area contributed by atoms with Gasteiger partial charge in [-0.1, -0.05) is 13.0 Å². The number of primary sulfonamides is 1. The van der Waals surface area contributed by atoms with Crippen molar-refractivity contribution in [3.63, 3.8) is 0 Å². The number of sulfonamides is 1. The summed E-state index contributed by atoms with van der Waals surface area (Å²) in [5.74, 6) is -0.540. The molecule has 1 aromatic rings. The van der Waals surface area contributed by atoms with Gasteiger partial charge >= 0.3 is 5.97 Å². The number of carbonyl (C=O) groups is 1. The number of hydrogen-bond acceptors (Lipinski definition) is 4. The van der Waals surface area contributed by atoms with Crippen LogP contribution in [0.3, 0.4) is 0 Å². The Morgan fingerprint density at radius 2 is 2.12 bits per heavy atom. The van der Waals surface area contributed by atoms with Crippen molar-refractivity contribution in [2.75, 3.05) is 6.61 Å². The van der Waals surface area contributed by atoms with Crippen molar-refractivity contribution >= 4 is 38.6 Å². The summed E-state index contributed by atoms with van der Waals surface area (Å²) in [4.78, 5) is 11.6. The molecule has 0 aliphatic carbocycles. The predicted molar refractivity (Wildman–Crippen MR) is 71.1 cm³/mol. The summed E-state index contributed by atoms with van der Waals surface area (Å²) in [5.41, 5.74) is 0.213. The topological polar surface area (TPSA) is 86.5 Å². The third kappa shape index (κ3) is 3.65. The predicted octanol–water partition coefficient (Wildman–Crippen LogP) is 1.51. The van der Waals surface area contributed by atoms with Gasteiger partial charge in [0.25, 0.3) is 0 Å². The second-order valence-corrected chi connectivity index (χ2v) is 5.91. The van der Waals surface area contributed by atoms with E-state index in [1.54, 1.807) is 22.6 Å². The van der Waals surface area contributed by atoms with Gasteiger partial charge in [0.05, 0.1) is 17.1 Å². The molecule has 0 amide bonds. The molecule has 1 rings (SSSR count). The highest BCUT2D eigenvalue weighted by molar-refractivity contribution is 14.1. The van der Waals surface area contributed by atoms with E-state index in [0.717, 1.165) is 0 Å². The van der Waals surface area contributed by atoms with Gasteiger partial charge in [-0.3, -0.25) is 0 Å². The van der Waals surface area contributed by atoms with Crippen LogP contribution in [0.4, 0.5) is 0 Å². The Morgan fingerprint density at radius 3 is 2.65 bits per heavy atom. The summed E-state index contributed by atoms with van der Waals surface area (Å²) in [7, 11) is -3.83. The normalized spacial score (nSPS) is 11.2. The molecular weight excluding hydrogens is 357 g/mol. The number of rotatable bonds is 4. The standard InChI is InChI=1S/C10H12INO4S/c1-2-6-16-10(13)7-4-3-5-8(9(7)11)17(12,14)15/h3-5H,2,6H2,1H3,(H2,12,14,15). The molecule has 0 saturated heterocycles. The van der Waals surface area contributed by atoms with Crippen LogP contribution in [-0.2, 0) is 14.8 Å². The molecule has 0 aliphatic heterocycles. The van der Waals surface area contributed by atoms with E-state index in [4.69, 9.17) is 9.88 Å². The van der Waals surface area contributed by atoms with Crippen LogP contribution in [0.1, 0.15) is 23.7 Å². The molecule has 0 fully saturated rings. The molecule has 0 saturated carbocycles. The van der Waals surface area contributed by atoms with Crippen molar-refractivity contribution < 1.29 is 17.9 Å². The molecule has 0 bridgehead atoms. The summed E-state index contributed by atoms with van der Waals surface area (Å²) >= 11 is 1.77. The van der Waals surface area contributed by atoms with Crippen LogP contribution in [0.25, 0.3) is 0 Å². The number of carbonyl (C=O) groups excluding carboxylic acids is 1. The number of nitrogens with two attached hydrogens (primary N) is 1. The molecule has 0 spiro atoms. The maximum Gasteiger partial charge on any atom is 0.339 e. The zero-order valence-corrected chi connectivity index (χ0v) is 12.1. The van der Waals surface area contributed by atoms with E-state index in [-0.39, 0.29) is 14.0 Å². The highest BCUT2D eigenvalue weighted by Crippen LogP contribution is 2.21. The lowest BCUT2D eigenvalue weighted by atomic mass is 10.2. The molecule has 0 atom stereocenters. The van der Waals surface area contributed by atoms with E-state index < -0.39 is 16.0 Å². The molecule has 1 aromatic carbocycles. The zero-order valence-electron chi connectivity index (χ0n) is 9.14. The minimum absolute atomic E-state index is 0.0657. The van der Waals surface area contributed by atoms with E-state index in [0.29, 0.717) is 13.0 Å². The largest absolute Gasteiger partial charge is 0.462 e. The number of halogens is 1. The molecule has 0 aromatic heterocycles. The first-order valence-corrected chi connectivity index (χ1v) is 7.49. The van der Waals surface area contributed by atoms with Gasteiger partial charge in [-0.25, -0.2) is 18.4 Å². The van der Waals surface area contributed by atoms with Crippen molar-refractivity contribution in [3.8, 4) is 0 Å². The first kappa shape index (κ1) is 14.4. The Hall–Kier alpha value is -0.670. The van der Waals surface area contributed by atoms with Gasteiger partial charge in [0, 0.05) is 3.57 Å². The second kappa shape index (κ2) is 5.78. The Bertz CT molecular complexity index is 527. The lowest BCUT2D eigenvalue weighted by molar-refractivity contribution is 0.0503. The molecule has 7 heteroatoms. The van der Waals surface area contributed by atoms with Crippen LogP contribution >= 0.6 is 22.6 Å². The van der Waals surface area contributed by atoms with Crippen molar-refractivity contribution in [2.24, 2.45) is 5.14 Å². The van der Waals surface area contributed by atoms with Crippen LogP contribution in [-0.4, -0.2) is 21.0 Å². The molecule has 0 heterocycles. The zero-order chi connectivity index (χ0) is 13.1. The molecule has 5 nitrogen and oxygen atoms in total. The fourth-order valence-electron chi connectivity index (χ4n) is 1.16. The van der Waals surface area contributed by atoms with Gasteiger partial charge < -0.3 is 4.74 Å². The SMILES string of the molecule is CCCOC(=O)c1cccc(S(N)(=O)=O)c1I. The number of benzene rings is 1. The first-order valence-electron chi connectivity index (χ1n) is 4.86. The summed E-state index contributed by atoms with van der Waals surface area (Å²) in [5, 5.41) is 5.04. The van der Waals surface area contributed by atoms with E-state index >= 15 is 0 Å². The van der Waals surface area contributed by atoms with Gasteiger partial charge in [-0.05, 0) is 41.1 Å². The fraction of sp³-hybridized carbons (Fsp3) is 0.300. The monoisotopic (exact) mass is 369 g/mol. The Morgan fingerprint density at radius 1 is 1.47 bits per heavy atom. The van der Waals surface area contributed by atoms with Gasteiger partial charge in [-0.15, -0.1) is 0 Å². The fourth-order valence-corrected chi connectivity index (χ4v) is 3.29. The smallest absolute Gasteiger partial charge is 0.339 e. The van der Waals surface area contributed by atoms with Crippen LogP contribution in [0.2, 0.25) is 0 Å². The Balaban J connectivity index is 3.15. The minimum Gasteiger partial charge on any atom is -0.462 e. The van der Waals surface area contributed by atoms with Gasteiger partial charge in [0.15, 0.2) is 0 Å². The maximum atomic E-state index is 11.6. The van der Waals surface area contributed by atoms with E-state index in [9.17, 15) is 13.2 Å². The second-order valence-electron chi connectivity index (χ2n) is 3.30. The molecule has 0 radical (unpaired) electrons. The maximum absolute atomic E-state index is 11.6. The third-order valence-corrected chi connectivity index (χ3v) is 4.41. The average molecular weight is 369 g/mol. The number of esters is 1. The van der Waals surface area contributed by atoms with Gasteiger partial charge in [-0.2, -0.15) is 0 Å². The van der Waals surface area contributed by atoms with Gasteiger partial charge in [0.2, 0.25) is 10.0 Å². The molecular formula is C10H12INO4S. The van der Waals surface area contributed by atoms with Crippen molar-refractivity contribution in [1.29, 1.82) is 0 Å². The summed E-state index contributed by atoms with van der Waals surface area (Å²) < 4.78 is 27.8. The molecule has 0 unspecified atom stereocenters. The van der Waals surface area contributed by atoms with Crippen molar-refractivity contribution in [3.05, 3.63) is 27.3 Å². The quantitative estimate of drug-likeness (QED) is 0.644. The summed E-state index contributed by atoms with van der Waals surface area (Å²) in [6.45, 7) is 2.17. The lowest BCUT2D eigenvalue weighted by Gasteiger charge is -2.08. The van der Waals surface area contributed by atoms with Crippen LogP contribution in [0, 0.1) is 3.57 Å². The highest BCUT2D eigenvalue weighted by atomic mass is 127.